The number of nitrogens with zero attached hydrogens (tertiary/aromatic N) is 1. The van der Waals surface area contributed by atoms with Gasteiger partial charge in [-0.3, -0.25) is 0 Å². The molecule has 0 radical (unpaired) electrons. The molecule has 3 heterocycles. The normalized spacial score (nSPS) is 13.0. The number of hydrogen-bond donors (Lipinski definition) is 1. The summed E-state index contributed by atoms with van der Waals surface area (Å²) in [5.41, 5.74) is 1.05. The Morgan fingerprint density at radius 3 is 2.56 bits per heavy atom. The van der Waals surface area contributed by atoms with Crippen molar-refractivity contribution in [1.29, 1.82) is 0 Å². The minimum Gasteiger partial charge on any atom is -0.497 e. The molecule has 5 rings (SSSR count). The van der Waals surface area contributed by atoms with Crippen molar-refractivity contribution >= 4 is 15.7 Å². The summed E-state index contributed by atoms with van der Waals surface area (Å²) < 4.78 is 54.4. The maximum atomic E-state index is 13.5. The summed E-state index contributed by atoms with van der Waals surface area (Å²) in [4.78, 5) is 4.28. The van der Waals surface area contributed by atoms with E-state index in [9.17, 15) is 8.42 Å². The van der Waals surface area contributed by atoms with Crippen LogP contribution in [0.15, 0.2) is 79.6 Å². The van der Waals surface area contributed by atoms with Gasteiger partial charge in [-0.25, -0.2) is 8.42 Å². The van der Waals surface area contributed by atoms with Gasteiger partial charge in [-0.05, 0) is 48.4 Å². The molecule has 0 amide bonds. The van der Waals surface area contributed by atoms with Gasteiger partial charge in [0.05, 0.1) is 18.3 Å². The summed E-state index contributed by atoms with van der Waals surface area (Å²) in [7, 11) is -2.43. The van der Waals surface area contributed by atoms with E-state index in [-0.39, 0.29) is 21.7 Å². The summed E-state index contributed by atoms with van der Waals surface area (Å²) in [5, 5.41) is 2.84. The number of oxazole rings is 1. The maximum Gasteiger partial charge on any atom is 0.266 e. The SMILES string of the molecule is COc1ccc(CCNc2oc(-c3ccco3)nc2S(=O)(=O)c2ccc3c(c2)OCCO3)cc1. The van der Waals surface area contributed by atoms with E-state index in [4.69, 9.17) is 23.0 Å². The van der Waals surface area contributed by atoms with E-state index in [2.05, 4.69) is 10.3 Å². The minimum absolute atomic E-state index is 0.0225. The minimum atomic E-state index is -4.04. The predicted molar refractivity (Wildman–Crippen MR) is 122 cm³/mol. The molecule has 34 heavy (non-hydrogen) atoms. The molecule has 0 saturated heterocycles. The fourth-order valence-corrected chi connectivity index (χ4v) is 4.81. The molecular formula is C24H22N2O7S. The van der Waals surface area contributed by atoms with Crippen molar-refractivity contribution in [2.75, 3.05) is 32.2 Å². The fourth-order valence-electron chi connectivity index (χ4n) is 3.52. The Hall–Kier alpha value is -3.92. The molecule has 0 bridgehead atoms. The molecule has 0 saturated carbocycles. The molecule has 4 aromatic rings. The number of benzene rings is 2. The van der Waals surface area contributed by atoms with Gasteiger partial charge in [-0.15, -0.1) is 0 Å². The Balaban J connectivity index is 1.44. The lowest BCUT2D eigenvalue weighted by Gasteiger charge is -2.18. The van der Waals surface area contributed by atoms with E-state index in [1.807, 2.05) is 24.3 Å². The highest BCUT2D eigenvalue weighted by Gasteiger charge is 2.30. The van der Waals surface area contributed by atoms with Gasteiger partial charge in [0.2, 0.25) is 20.7 Å². The number of anilines is 1. The average molecular weight is 483 g/mol. The highest BCUT2D eigenvalue weighted by atomic mass is 32.2. The molecule has 0 atom stereocenters. The van der Waals surface area contributed by atoms with E-state index in [1.54, 1.807) is 25.3 Å². The van der Waals surface area contributed by atoms with Crippen LogP contribution in [0.1, 0.15) is 5.56 Å². The lowest BCUT2D eigenvalue weighted by atomic mass is 10.1. The molecule has 10 heteroatoms. The zero-order valence-corrected chi connectivity index (χ0v) is 19.1. The standard InChI is InChI=1S/C24H22N2O7S/c1-29-17-6-4-16(5-7-17)10-11-25-23-24(26-22(33-23)20-3-2-12-30-20)34(27,28)18-8-9-19-21(15-18)32-14-13-31-19/h2-9,12,15,25H,10-11,13-14H2,1H3. The first-order chi connectivity index (χ1) is 16.5. The smallest absolute Gasteiger partial charge is 0.266 e. The van der Waals surface area contributed by atoms with Crippen LogP contribution in [-0.2, 0) is 16.3 Å². The molecular weight excluding hydrogens is 460 g/mol. The van der Waals surface area contributed by atoms with Gasteiger partial charge in [0.15, 0.2) is 17.3 Å². The Bertz CT molecular complexity index is 1380. The van der Waals surface area contributed by atoms with Crippen LogP contribution in [0.2, 0.25) is 0 Å². The molecule has 2 aromatic carbocycles. The molecule has 0 fully saturated rings. The summed E-state index contributed by atoms with van der Waals surface area (Å²) >= 11 is 0. The molecule has 1 N–H and O–H groups in total. The first-order valence-corrected chi connectivity index (χ1v) is 12.1. The van der Waals surface area contributed by atoms with E-state index in [0.717, 1.165) is 11.3 Å². The number of hydrogen-bond acceptors (Lipinski definition) is 9. The van der Waals surface area contributed by atoms with Crippen molar-refractivity contribution in [3.63, 3.8) is 0 Å². The third-order valence-corrected chi connectivity index (χ3v) is 6.93. The fraction of sp³-hybridized carbons (Fsp3) is 0.208. The van der Waals surface area contributed by atoms with Crippen LogP contribution >= 0.6 is 0 Å². The Morgan fingerprint density at radius 1 is 1.03 bits per heavy atom. The number of methoxy groups -OCH3 is 1. The summed E-state index contributed by atoms with van der Waals surface area (Å²) in [5.74, 6) is 2.06. The van der Waals surface area contributed by atoms with Gasteiger partial charge in [0.25, 0.3) is 5.89 Å². The van der Waals surface area contributed by atoms with Gasteiger partial charge in [0, 0.05) is 12.6 Å². The molecule has 9 nitrogen and oxygen atoms in total. The topological polar surface area (TPSA) is 113 Å². The first-order valence-electron chi connectivity index (χ1n) is 10.6. The third kappa shape index (κ3) is 4.32. The van der Waals surface area contributed by atoms with Crippen LogP contribution in [-0.4, -0.2) is 40.3 Å². The van der Waals surface area contributed by atoms with Crippen molar-refractivity contribution in [3.8, 4) is 28.9 Å². The monoisotopic (exact) mass is 482 g/mol. The van der Waals surface area contributed by atoms with E-state index in [1.165, 1.54) is 18.4 Å². The number of sulfone groups is 1. The second kappa shape index (κ2) is 9.14. The number of fused-ring (bicyclic) bond motifs is 1. The van der Waals surface area contributed by atoms with Crippen molar-refractivity contribution < 1.29 is 31.5 Å². The Labute approximate surface area is 196 Å². The van der Waals surface area contributed by atoms with E-state index in [0.29, 0.717) is 43.4 Å². The number of aromatic nitrogens is 1. The third-order valence-electron chi connectivity index (χ3n) is 5.26. The van der Waals surface area contributed by atoms with Crippen LogP contribution in [0.4, 0.5) is 5.88 Å². The molecule has 0 unspecified atom stereocenters. The number of ether oxygens (including phenoxy) is 3. The second-order valence-corrected chi connectivity index (χ2v) is 9.33. The quantitative estimate of drug-likeness (QED) is 0.395. The highest BCUT2D eigenvalue weighted by molar-refractivity contribution is 7.91. The predicted octanol–water partition coefficient (Wildman–Crippen LogP) is 4.20. The van der Waals surface area contributed by atoms with Gasteiger partial charge in [0.1, 0.15) is 19.0 Å². The molecule has 2 aromatic heterocycles. The molecule has 0 spiro atoms. The van der Waals surface area contributed by atoms with Crippen molar-refractivity contribution in [2.45, 2.75) is 16.3 Å². The summed E-state index contributed by atoms with van der Waals surface area (Å²) in [6.07, 6.45) is 2.09. The van der Waals surface area contributed by atoms with Gasteiger partial charge >= 0.3 is 0 Å². The average Bonchev–Trinajstić information content (AvgIpc) is 3.55. The van der Waals surface area contributed by atoms with Crippen molar-refractivity contribution in [3.05, 3.63) is 66.4 Å². The molecule has 1 aliphatic rings. The number of rotatable bonds is 8. The molecule has 176 valence electrons. The zero-order valence-electron chi connectivity index (χ0n) is 18.3. The lowest BCUT2D eigenvalue weighted by molar-refractivity contribution is 0.171. The van der Waals surface area contributed by atoms with E-state index >= 15 is 0 Å². The number of furan rings is 1. The summed E-state index contributed by atoms with van der Waals surface area (Å²) in [6, 6.07) is 15.4. The second-order valence-electron chi connectivity index (χ2n) is 7.46. The first kappa shape index (κ1) is 21.9. The summed E-state index contributed by atoms with van der Waals surface area (Å²) in [6.45, 7) is 1.18. The van der Waals surface area contributed by atoms with E-state index < -0.39 is 9.84 Å². The van der Waals surface area contributed by atoms with Gasteiger partial charge in [-0.1, -0.05) is 12.1 Å². The lowest BCUT2D eigenvalue weighted by Crippen LogP contribution is -2.16. The maximum absolute atomic E-state index is 13.5. The van der Waals surface area contributed by atoms with Crippen LogP contribution in [0, 0.1) is 0 Å². The van der Waals surface area contributed by atoms with Gasteiger partial charge in [-0.2, -0.15) is 4.98 Å². The van der Waals surface area contributed by atoms with Crippen molar-refractivity contribution in [2.24, 2.45) is 0 Å². The highest BCUT2D eigenvalue weighted by Crippen LogP contribution is 2.37. The largest absolute Gasteiger partial charge is 0.497 e. The molecule has 1 aliphatic heterocycles. The van der Waals surface area contributed by atoms with Crippen molar-refractivity contribution in [1.82, 2.24) is 4.98 Å². The van der Waals surface area contributed by atoms with Crippen LogP contribution < -0.4 is 19.5 Å². The van der Waals surface area contributed by atoms with Crippen LogP contribution in [0.5, 0.6) is 17.2 Å². The molecule has 0 aliphatic carbocycles. The van der Waals surface area contributed by atoms with Crippen LogP contribution in [0.25, 0.3) is 11.7 Å². The zero-order chi connectivity index (χ0) is 23.5. The Morgan fingerprint density at radius 2 is 1.82 bits per heavy atom. The number of nitrogens with one attached hydrogen (secondary N) is 1. The Kier molecular flexibility index (Phi) is 5.89. The van der Waals surface area contributed by atoms with Crippen LogP contribution in [0.3, 0.4) is 0 Å². The van der Waals surface area contributed by atoms with Gasteiger partial charge < -0.3 is 28.4 Å².